The summed E-state index contributed by atoms with van der Waals surface area (Å²) in [7, 11) is 1.72. The zero-order valence-electron chi connectivity index (χ0n) is 12.8. The molecule has 124 valence electrons. The molecule has 0 aliphatic carbocycles. The Bertz CT molecular complexity index is 482. The van der Waals surface area contributed by atoms with Gasteiger partial charge in [0.1, 0.15) is 5.82 Å². The summed E-state index contributed by atoms with van der Waals surface area (Å²) in [6.45, 7) is 2.70. The number of nitrogens with zero attached hydrogens (tertiary/aromatic N) is 1. The van der Waals surface area contributed by atoms with Crippen molar-refractivity contribution in [3.05, 3.63) is 35.6 Å². The van der Waals surface area contributed by atoms with E-state index in [9.17, 15) is 14.0 Å². The van der Waals surface area contributed by atoms with E-state index in [0.29, 0.717) is 31.5 Å². The van der Waals surface area contributed by atoms with Gasteiger partial charge in [0.2, 0.25) is 5.91 Å². The third kappa shape index (κ3) is 6.41. The maximum Gasteiger partial charge on any atom is 0.251 e. The number of benzene rings is 1. The molecule has 0 saturated heterocycles. The molecule has 1 aromatic carbocycles. The number of likely N-dealkylation sites (N-methyl/N-ethyl adjacent to an activating group) is 1. The second-order valence-electron chi connectivity index (χ2n) is 4.96. The number of amides is 2. The van der Waals surface area contributed by atoms with Crippen molar-refractivity contribution in [1.29, 1.82) is 0 Å². The standard InChI is InChI=1S/C15H22FN3O2.ClH/c1-11(10-17)19(2)14(20)4-3-9-18-15(21)12-5-7-13(16)8-6-12;/h5-8,11H,3-4,9-10,17H2,1-2H3,(H,18,21);1H. The van der Waals surface area contributed by atoms with Gasteiger partial charge in [-0.1, -0.05) is 0 Å². The fraction of sp³-hybridized carbons (Fsp3) is 0.467. The first-order valence-electron chi connectivity index (χ1n) is 6.95. The molecule has 1 atom stereocenters. The molecular formula is C15H23ClFN3O2. The number of hydrogen-bond acceptors (Lipinski definition) is 3. The summed E-state index contributed by atoms with van der Waals surface area (Å²) in [5.74, 6) is -0.649. The third-order valence-corrected chi connectivity index (χ3v) is 3.36. The number of carbonyl (C=O) groups excluding carboxylic acids is 2. The minimum atomic E-state index is -0.380. The van der Waals surface area contributed by atoms with Gasteiger partial charge < -0.3 is 16.0 Å². The Hall–Kier alpha value is -1.66. The lowest BCUT2D eigenvalue weighted by Gasteiger charge is -2.23. The van der Waals surface area contributed by atoms with Crippen LogP contribution in [0.1, 0.15) is 30.1 Å². The predicted octanol–water partition coefficient (Wildman–Crippen LogP) is 1.56. The lowest BCUT2D eigenvalue weighted by Crippen LogP contribution is -2.39. The van der Waals surface area contributed by atoms with Gasteiger partial charge in [-0.25, -0.2) is 4.39 Å². The zero-order chi connectivity index (χ0) is 15.8. The Morgan fingerprint density at radius 1 is 1.32 bits per heavy atom. The van der Waals surface area contributed by atoms with E-state index < -0.39 is 0 Å². The Morgan fingerprint density at radius 3 is 2.45 bits per heavy atom. The van der Waals surface area contributed by atoms with Crippen LogP contribution in [0.4, 0.5) is 4.39 Å². The monoisotopic (exact) mass is 331 g/mol. The largest absolute Gasteiger partial charge is 0.352 e. The molecule has 0 aliphatic rings. The summed E-state index contributed by atoms with van der Waals surface area (Å²) < 4.78 is 12.7. The van der Waals surface area contributed by atoms with Crippen LogP contribution < -0.4 is 11.1 Å². The maximum absolute atomic E-state index is 12.7. The van der Waals surface area contributed by atoms with Gasteiger partial charge in [0.25, 0.3) is 5.91 Å². The van der Waals surface area contributed by atoms with Crippen molar-refractivity contribution in [3.8, 4) is 0 Å². The van der Waals surface area contributed by atoms with E-state index in [1.165, 1.54) is 24.3 Å². The molecule has 1 unspecified atom stereocenters. The first-order chi connectivity index (χ1) is 9.95. The average molecular weight is 332 g/mol. The second kappa shape index (κ2) is 10.1. The molecule has 7 heteroatoms. The predicted molar refractivity (Wildman–Crippen MR) is 86.5 cm³/mol. The van der Waals surface area contributed by atoms with Crippen molar-refractivity contribution >= 4 is 24.2 Å². The van der Waals surface area contributed by atoms with Gasteiger partial charge in [0.15, 0.2) is 0 Å². The van der Waals surface area contributed by atoms with Gasteiger partial charge in [-0.15, -0.1) is 12.4 Å². The van der Waals surface area contributed by atoms with E-state index in [-0.39, 0.29) is 36.1 Å². The number of hydrogen-bond donors (Lipinski definition) is 2. The van der Waals surface area contributed by atoms with Gasteiger partial charge >= 0.3 is 0 Å². The summed E-state index contributed by atoms with van der Waals surface area (Å²) in [4.78, 5) is 25.2. The minimum absolute atomic E-state index is 0. The molecule has 0 aliphatic heterocycles. The summed E-state index contributed by atoms with van der Waals surface area (Å²) in [6.07, 6.45) is 0.901. The van der Waals surface area contributed by atoms with Crippen molar-refractivity contribution in [1.82, 2.24) is 10.2 Å². The maximum atomic E-state index is 12.7. The smallest absolute Gasteiger partial charge is 0.251 e. The highest BCUT2D eigenvalue weighted by atomic mass is 35.5. The Balaban J connectivity index is 0.00000441. The quantitative estimate of drug-likeness (QED) is 0.745. The van der Waals surface area contributed by atoms with E-state index in [0.717, 1.165) is 0 Å². The summed E-state index contributed by atoms with van der Waals surface area (Å²) in [6, 6.07) is 5.33. The molecule has 0 bridgehead atoms. The van der Waals surface area contributed by atoms with Gasteiger partial charge in [-0.05, 0) is 37.6 Å². The van der Waals surface area contributed by atoms with Gasteiger partial charge in [0.05, 0.1) is 0 Å². The van der Waals surface area contributed by atoms with E-state index in [2.05, 4.69) is 5.32 Å². The lowest BCUT2D eigenvalue weighted by atomic mass is 10.2. The summed E-state index contributed by atoms with van der Waals surface area (Å²) >= 11 is 0. The topological polar surface area (TPSA) is 75.4 Å². The Kier molecular flexibility index (Phi) is 9.37. The molecule has 1 aromatic rings. The molecule has 0 aromatic heterocycles. The molecular weight excluding hydrogens is 309 g/mol. The number of rotatable bonds is 7. The fourth-order valence-electron chi connectivity index (χ4n) is 1.73. The van der Waals surface area contributed by atoms with Crippen LogP contribution in [0, 0.1) is 5.82 Å². The van der Waals surface area contributed by atoms with Crippen LogP contribution in [0.15, 0.2) is 24.3 Å². The van der Waals surface area contributed by atoms with Crippen molar-refractivity contribution < 1.29 is 14.0 Å². The molecule has 0 fully saturated rings. The number of nitrogens with one attached hydrogen (secondary N) is 1. The van der Waals surface area contributed by atoms with Crippen LogP contribution in [0.3, 0.4) is 0 Å². The van der Waals surface area contributed by atoms with Crippen LogP contribution in [0.5, 0.6) is 0 Å². The van der Waals surface area contributed by atoms with Gasteiger partial charge in [-0.2, -0.15) is 0 Å². The van der Waals surface area contributed by atoms with Crippen molar-refractivity contribution in [2.45, 2.75) is 25.8 Å². The summed E-state index contributed by atoms with van der Waals surface area (Å²) in [5, 5.41) is 2.70. The van der Waals surface area contributed by atoms with E-state index >= 15 is 0 Å². The van der Waals surface area contributed by atoms with Gasteiger partial charge in [-0.3, -0.25) is 9.59 Å². The highest BCUT2D eigenvalue weighted by molar-refractivity contribution is 5.94. The first kappa shape index (κ1) is 20.3. The molecule has 0 heterocycles. The van der Waals surface area contributed by atoms with E-state index in [1.807, 2.05) is 6.92 Å². The Labute approximate surface area is 136 Å². The molecule has 0 spiro atoms. The molecule has 2 amide bonds. The average Bonchev–Trinajstić information content (AvgIpc) is 2.50. The van der Waals surface area contributed by atoms with E-state index in [1.54, 1.807) is 11.9 Å². The highest BCUT2D eigenvalue weighted by Gasteiger charge is 2.13. The molecule has 3 N–H and O–H groups in total. The van der Waals surface area contributed by atoms with Crippen LogP contribution in [-0.2, 0) is 4.79 Å². The third-order valence-electron chi connectivity index (χ3n) is 3.36. The van der Waals surface area contributed by atoms with Gasteiger partial charge in [0, 0.05) is 38.2 Å². The van der Waals surface area contributed by atoms with Crippen LogP contribution >= 0.6 is 12.4 Å². The summed E-state index contributed by atoms with van der Waals surface area (Å²) in [5.41, 5.74) is 5.90. The Morgan fingerprint density at radius 2 is 1.91 bits per heavy atom. The molecule has 22 heavy (non-hydrogen) atoms. The first-order valence-corrected chi connectivity index (χ1v) is 6.95. The number of carbonyl (C=O) groups is 2. The zero-order valence-corrected chi connectivity index (χ0v) is 13.7. The molecule has 0 saturated carbocycles. The molecule has 5 nitrogen and oxygen atoms in total. The van der Waals surface area contributed by atoms with Crippen molar-refractivity contribution in [2.75, 3.05) is 20.1 Å². The SMILES string of the molecule is CC(CN)N(C)C(=O)CCCNC(=O)c1ccc(F)cc1.Cl. The second-order valence-corrected chi connectivity index (χ2v) is 4.96. The van der Waals surface area contributed by atoms with Crippen LogP contribution in [-0.4, -0.2) is 42.9 Å². The molecule has 1 rings (SSSR count). The number of nitrogens with two attached hydrogens (primary N) is 1. The lowest BCUT2D eigenvalue weighted by molar-refractivity contribution is -0.131. The molecule has 0 radical (unpaired) electrons. The minimum Gasteiger partial charge on any atom is -0.352 e. The normalized spacial score (nSPS) is 11.3. The van der Waals surface area contributed by atoms with Crippen molar-refractivity contribution in [3.63, 3.8) is 0 Å². The van der Waals surface area contributed by atoms with Crippen molar-refractivity contribution in [2.24, 2.45) is 5.73 Å². The van der Waals surface area contributed by atoms with Crippen LogP contribution in [0.2, 0.25) is 0 Å². The van der Waals surface area contributed by atoms with Crippen LogP contribution in [0.25, 0.3) is 0 Å². The fourth-order valence-corrected chi connectivity index (χ4v) is 1.73. The number of halogens is 2. The van der Waals surface area contributed by atoms with E-state index in [4.69, 9.17) is 5.73 Å². The highest BCUT2D eigenvalue weighted by Crippen LogP contribution is 2.03.